The van der Waals surface area contributed by atoms with Gasteiger partial charge in [0.25, 0.3) is 0 Å². The lowest BCUT2D eigenvalue weighted by atomic mass is 10.2. The van der Waals surface area contributed by atoms with Gasteiger partial charge in [-0.05, 0) is 59.6 Å². The van der Waals surface area contributed by atoms with Crippen molar-refractivity contribution in [2.45, 2.75) is 65.5 Å². The molecule has 0 N–H and O–H groups in total. The van der Waals surface area contributed by atoms with E-state index in [4.69, 9.17) is 4.74 Å². The van der Waals surface area contributed by atoms with Gasteiger partial charge in [0.15, 0.2) is 0 Å². The van der Waals surface area contributed by atoms with Gasteiger partial charge in [-0.2, -0.15) is 0 Å². The third-order valence-electron chi connectivity index (χ3n) is 4.13. The Bertz CT molecular complexity index is 515. The van der Waals surface area contributed by atoms with Gasteiger partial charge in [0.2, 0.25) is 0 Å². The molecule has 0 spiro atoms. The number of hydrogen-bond acceptors (Lipinski definition) is 3. The average molecular weight is 377 g/mol. The fraction of sp³-hybridized carbons (Fsp3) is 0.609. The Labute approximate surface area is 167 Å². The second kappa shape index (κ2) is 13.4. The number of likely N-dealkylation sites (tertiary alicyclic amines) is 1. The van der Waals surface area contributed by atoms with Gasteiger partial charge in [-0.25, -0.2) is 4.79 Å². The predicted octanol–water partition coefficient (Wildman–Crippen LogP) is 5.59. The average Bonchev–Trinajstić information content (AvgIpc) is 3.06. The van der Waals surface area contributed by atoms with Gasteiger partial charge >= 0.3 is 6.09 Å². The van der Waals surface area contributed by atoms with Crippen LogP contribution < -0.4 is 0 Å². The number of rotatable bonds is 7. The highest BCUT2D eigenvalue weighted by molar-refractivity contribution is 5.69. The number of hydrogen-bond donors (Lipinski definition) is 0. The van der Waals surface area contributed by atoms with Crippen LogP contribution in [0.3, 0.4) is 0 Å². The Balaban J connectivity index is 0.00000326. The maximum absolute atomic E-state index is 12.4. The van der Waals surface area contributed by atoms with Crippen LogP contribution in [0.1, 0.15) is 53.9 Å². The summed E-state index contributed by atoms with van der Waals surface area (Å²) in [6, 6.07) is 0.245. The SMILES string of the molecule is C/C=C(\C=C/CC)/C=C/CN(C)CC1CCCN1C(=O)OC(C)(C)C.C=C. The van der Waals surface area contributed by atoms with E-state index in [0.29, 0.717) is 0 Å². The van der Waals surface area contributed by atoms with Crippen LogP contribution in [-0.2, 0) is 4.74 Å². The van der Waals surface area contributed by atoms with Crippen molar-refractivity contribution in [1.82, 2.24) is 9.80 Å². The lowest BCUT2D eigenvalue weighted by Crippen LogP contribution is -2.44. The molecule has 0 bridgehead atoms. The topological polar surface area (TPSA) is 32.8 Å². The number of ether oxygens (including phenoxy) is 1. The summed E-state index contributed by atoms with van der Waals surface area (Å²) in [5.41, 5.74) is 0.791. The van der Waals surface area contributed by atoms with Crippen LogP contribution in [0.5, 0.6) is 0 Å². The number of carbonyl (C=O) groups excluding carboxylic acids is 1. The molecule has 0 saturated carbocycles. The van der Waals surface area contributed by atoms with Crippen molar-refractivity contribution in [3.63, 3.8) is 0 Å². The quantitative estimate of drug-likeness (QED) is 0.429. The lowest BCUT2D eigenvalue weighted by molar-refractivity contribution is 0.0206. The van der Waals surface area contributed by atoms with Crippen molar-refractivity contribution in [1.29, 1.82) is 0 Å². The lowest BCUT2D eigenvalue weighted by Gasteiger charge is -2.30. The van der Waals surface area contributed by atoms with Gasteiger partial charge in [-0.1, -0.05) is 37.3 Å². The Morgan fingerprint density at radius 1 is 1.26 bits per heavy atom. The second-order valence-electron chi connectivity index (χ2n) is 7.69. The minimum absolute atomic E-state index is 0.181. The van der Waals surface area contributed by atoms with Crippen LogP contribution in [-0.4, -0.2) is 54.2 Å². The molecule has 1 unspecified atom stereocenters. The summed E-state index contributed by atoms with van der Waals surface area (Å²) in [4.78, 5) is 16.5. The molecule has 1 aliphatic heterocycles. The van der Waals surface area contributed by atoms with E-state index >= 15 is 0 Å². The van der Waals surface area contributed by atoms with E-state index in [1.807, 2.05) is 25.7 Å². The summed E-state index contributed by atoms with van der Waals surface area (Å²) in [6.07, 6.45) is 13.7. The minimum atomic E-state index is -0.437. The Kier molecular flexibility index (Phi) is 12.5. The van der Waals surface area contributed by atoms with Crippen molar-refractivity contribution in [3.8, 4) is 0 Å². The monoisotopic (exact) mass is 376 g/mol. The van der Waals surface area contributed by atoms with Crippen LogP contribution in [0, 0.1) is 0 Å². The standard InChI is InChI=1S/C21H36N2O2.C2H4/c1-7-9-12-18(8-2)13-10-15-22(6)17-19-14-11-16-23(19)20(24)25-21(3,4)5;1-2/h8-10,12-13,19H,7,11,14-17H2,1-6H3;1-2H2/b12-9-,13-10+,18-8+;. The van der Waals surface area contributed by atoms with Gasteiger partial charge in [-0.15, -0.1) is 13.2 Å². The van der Waals surface area contributed by atoms with Gasteiger partial charge < -0.3 is 14.5 Å². The summed E-state index contributed by atoms with van der Waals surface area (Å²) < 4.78 is 5.54. The summed E-state index contributed by atoms with van der Waals surface area (Å²) in [5.74, 6) is 0. The fourth-order valence-electron chi connectivity index (χ4n) is 2.89. The van der Waals surface area contributed by atoms with E-state index in [1.54, 1.807) is 0 Å². The smallest absolute Gasteiger partial charge is 0.410 e. The van der Waals surface area contributed by atoms with Crippen molar-refractivity contribution in [3.05, 3.63) is 49.1 Å². The maximum atomic E-state index is 12.4. The molecule has 1 rings (SSSR count). The van der Waals surface area contributed by atoms with Crippen LogP contribution in [0.4, 0.5) is 4.79 Å². The molecule has 4 nitrogen and oxygen atoms in total. The molecule has 0 radical (unpaired) electrons. The normalized spacial score (nSPS) is 18.3. The van der Waals surface area contributed by atoms with E-state index in [0.717, 1.165) is 38.9 Å². The molecule has 1 amide bonds. The second-order valence-corrected chi connectivity index (χ2v) is 7.69. The van der Waals surface area contributed by atoms with Crippen molar-refractivity contribution in [2.24, 2.45) is 0 Å². The van der Waals surface area contributed by atoms with E-state index < -0.39 is 5.60 Å². The number of amides is 1. The summed E-state index contributed by atoms with van der Waals surface area (Å²) in [5, 5.41) is 0. The molecule has 1 heterocycles. The summed E-state index contributed by atoms with van der Waals surface area (Å²) in [6.45, 7) is 18.5. The molecule has 1 saturated heterocycles. The first-order valence-corrected chi connectivity index (χ1v) is 9.94. The fourth-order valence-corrected chi connectivity index (χ4v) is 2.89. The van der Waals surface area contributed by atoms with Crippen molar-refractivity contribution in [2.75, 3.05) is 26.7 Å². The molecule has 4 heteroatoms. The molecule has 0 aliphatic carbocycles. The molecule has 0 aromatic carbocycles. The van der Waals surface area contributed by atoms with Crippen LogP contribution >= 0.6 is 0 Å². The third kappa shape index (κ3) is 10.8. The zero-order valence-corrected chi connectivity index (χ0v) is 18.3. The van der Waals surface area contributed by atoms with E-state index in [2.05, 4.69) is 69.3 Å². The first kappa shape index (κ1) is 25.2. The van der Waals surface area contributed by atoms with E-state index in [1.165, 1.54) is 5.57 Å². The Morgan fingerprint density at radius 3 is 2.44 bits per heavy atom. The van der Waals surface area contributed by atoms with Crippen molar-refractivity contribution < 1.29 is 9.53 Å². The zero-order chi connectivity index (χ0) is 20.9. The maximum Gasteiger partial charge on any atom is 0.410 e. The molecular weight excluding hydrogens is 336 g/mol. The largest absolute Gasteiger partial charge is 0.444 e. The number of carbonyl (C=O) groups is 1. The highest BCUT2D eigenvalue weighted by Gasteiger charge is 2.32. The van der Waals surface area contributed by atoms with Gasteiger partial charge in [-0.3, -0.25) is 0 Å². The van der Waals surface area contributed by atoms with E-state index in [-0.39, 0.29) is 12.1 Å². The zero-order valence-electron chi connectivity index (χ0n) is 18.3. The van der Waals surface area contributed by atoms with Gasteiger partial charge in [0.05, 0.1) is 0 Å². The molecule has 0 aromatic rings. The first-order valence-electron chi connectivity index (χ1n) is 9.94. The minimum Gasteiger partial charge on any atom is -0.444 e. The van der Waals surface area contributed by atoms with Crippen LogP contribution in [0.2, 0.25) is 0 Å². The third-order valence-corrected chi connectivity index (χ3v) is 4.13. The van der Waals surface area contributed by atoms with Crippen LogP contribution in [0.25, 0.3) is 0 Å². The Morgan fingerprint density at radius 2 is 1.89 bits per heavy atom. The number of nitrogens with zero attached hydrogens (tertiary/aromatic N) is 2. The van der Waals surface area contributed by atoms with Crippen molar-refractivity contribution >= 4 is 6.09 Å². The summed E-state index contributed by atoms with van der Waals surface area (Å²) in [7, 11) is 2.10. The molecule has 0 aromatic heterocycles. The molecule has 1 aliphatic rings. The number of likely N-dealkylation sites (N-methyl/N-ethyl adjacent to an activating group) is 1. The molecular formula is C23H40N2O2. The highest BCUT2D eigenvalue weighted by Crippen LogP contribution is 2.21. The molecule has 27 heavy (non-hydrogen) atoms. The summed E-state index contributed by atoms with van der Waals surface area (Å²) >= 11 is 0. The van der Waals surface area contributed by atoms with Gasteiger partial charge in [0.1, 0.15) is 5.60 Å². The first-order chi connectivity index (χ1) is 12.8. The van der Waals surface area contributed by atoms with Gasteiger partial charge in [0, 0.05) is 25.7 Å². The Hall–Kier alpha value is -1.81. The number of allylic oxidation sites excluding steroid dienone is 5. The predicted molar refractivity (Wildman–Crippen MR) is 117 cm³/mol. The molecule has 1 fully saturated rings. The molecule has 1 atom stereocenters. The molecule has 154 valence electrons. The highest BCUT2D eigenvalue weighted by atomic mass is 16.6. The van der Waals surface area contributed by atoms with Crippen LogP contribution in [0.15, 0.2) is 49.1 Å². The van der Waals surface area contributed by atoms with E-state index in [9.17, 15) is 4.79 Å².